The summed E-state index contributed by atoms with van der Waals surface area (Å²) in [4.78, 5) is 37.8. The Morgan fingerprint density at radius 1 is 0.730 bits per heavy atom. The number of nitrogens with two attached hydrogens (primary N) is 1. The second kappa shape index (κ2) is 14.3. The molecule has 0 radical (unpaired) electrons. The third kappa shape index (κ3) is 13.0. The largest absolute Gasteiger partial charge is 0.444 e. The predicted molar refractivity (Wildman–Crippen MR) is 145 cm³/mol. The minimum atomic E-state index is -0.460. The van der Waals surface area contributed by atoms with Gasteiger partial charge in [0.25, 0.3) is 0 Å². The molecule has 2 aliphatic carbocycles. The van der Waals surface area contributed by atoms with Crippen molar-refractivity contribution in [2.45, 2.75) is 135 Å². The molecule has 0 bridgehead atoms. The van der Waals surface area contributed by atoms with Crippen LogP contribution in [0, 0.1) is 0 Å². The summed E-state index contributed by atoms with van der Waals surface area (Å²) < 4.78 is 10.6. The summed E-state index contributed by atoms with van der Waals surface area (Å²) in [6, 6.07) is 1.90. The van der Waals surface area contributed by atoms with Crippen molar-refractivity contribution in [2.75, 3.05) is 26.2 Å². The van der Waals surface area contributed by atoms with Crippen molar-refractivity contribution in [2.24, 2.45) is 5.73 Å². The van der Waals surface area contributed by atoms with E-state index in [1.54, 1.807) is 4.90 Å². The van der Waals surface area contributed by atoms with E-state index in [2.05, 4.69) is 5.32 Å². The molecule has 3 N–H and O–H groups in total. The zero-order valence-electron chi connectivity index (χ0n) is 24.1. The molecular formula is C28H52N4O5. The number of likely N-dealkylation sites (tertiary alicyclic amines) is 2. The first kappa shape index (κ1) is 31.3. The number of piperidine rings is 2. The van der Waals surface area contributed by atoms with Crippen molar-refractivity contribution in [3.05, 3.63) is 0 Å². The normalized spacial score (nSPS) is 21.4. The van der Waals surface area contributed by atoms with Gasteiger partial charge in [0.1, 0.15) is 17.0 Å². The first-order valence-corrected chi connectivity index (χ1v) is 14.2. The van der Waals surface area contributed by atoms with Crippen molar-refractivity contribution >= 4 is 18.0 Å². The molecule has 4 aliphatic rings. The van der Waals surface area contributed by atoms with Crippen LogP contribution in [0.1, 0.15) is 106 Å². The summed E-state index contributed by atoms with van der Waals surface area (Å²) in [7, 11) is 0. The Morgan fingerprint density at radius 3 is 1.43 bits per heavy atom. The van der Waals surface area contributed by atoms with Gasteiger partial charge in [-0.25, -0.2) is 9.59 Å². The topological polar surface area (TPSA) is 114 Å². The predicted octanol–water partition coefficient (Wildman–Crippen LogP) is 4.61. The molecule has 9 heteroatoms. The summed E-state index contributed by atoms with van der Waals surface area (Å²) in [6.45, 7) is 13.9. The van der Waals surface area contributed by atoms with Crippen LogP contribution in [-0.4, -0.2) is 83.3 Å². The minimum Gasteiger partial charge on any atom is -0.444 e. The number of carbonyl (C=O) groups excluding carboxylic acids is 3. The summed E-state index contributed by atoms with van der Waals surface area (Å²) in [5.41, 5.74) is 4.53. The van der Waals surface area contributed by atoms with Gasteiger partial charge in [-0.3, -0.25) is 4.79 Å². The number of rotatable bonds is 2. The fourth-order valence-electron chi connectivity index (χ4n) is 4.17. The van der Waals surface area contributed by atoms with Gasteiger partial charge in [0, 0.05) is 57.1 Å². The Bertz CT molecular complexity index is 720. The molecule has 4 rings (SSSR count). The van der Waals surface area contributed by atoms with Gasteiger partial charge in [-0.15, -0.1) is 0 Å². The highest BCUT2D eigenvalue weighted by Gasteiger charge is 2.29. The lowest BCUT2D eigenvalue weighted by molar-refractivity contribution is -0.121. The van der Waals surface area contributed by atoms with Gasteiger partial charge in [0.2, 0.25) is 0 Å². The molecule has 0 spiro atoms. The van der Waals surface area contributed by atoms with Gasteiger partial charge in [0.05, 0.1) is 0 Å². The fourth-order valence-corrected chi connectivity index (χ4v) is 4.17. The molecule has 214 valence electrons. The van der Waals surface area contributed by atoms with E-state index in [0.29, 0.717) is 38.0 Å². The molecule has 37 heavy (non-hydrogen) atoms. The van der Waals surface area contributed by atoms with Crippen molar-refractivity contribution in [3.63, 3.8) is 0 Å². The lowest BCUT2D eigenvalue weighted by Crippen LogP contribution is -2.50. The summed E-state index contributed by atoms with van der Waals surface area (Å²) >= 11 is 0. The van der Waals surface area contributed by atoms with Crippen LogP contribution in [0.5, 0.6) is 0 Å². The maximum absolute atomic E-state index is 11.9. The molecular weight excluding hydrogens is 472 g/mol. The summed E-state index contributed by atoms with van der Waals surface area (Å²) in [6.07, 6.45) is 10.5. The Morgan fingerprint density at radius 2 is 1.11 bits per heavy atom. The van der Waals surface area contributed by atoms with E-state index in [-0.39, 0.29) is 18.0 Å². The second-order valence-electron chi connectivity index (χ2n) is 12.7. The van der Waals surface area contributed by atoms with Crippen LogP contribution < -0.4 is 11.1 Å². The molecule has 0 aromatic carbocycles. The molecule has 4 fully saturated rings. The van der Waals surface area contributed by atoms with Crippen LogP contribution in [-0.2, 0) is 14.3 Å². The van der Waals surface area contributed by atoms with Crippen LogP contribution >= 0.6 is 0 Å². The number of nitrogens with zero attached hydrogens (tertiary/aromatic N) is 2. The maximum atomic E-state index is 11.9. The molecule has 0 atom stereocenters. The summed E-state index contributed by atoms with van der Waals surface area (Å²) in [5.74, 6) is 0.227. The Labute approximate surface area is 224 Å². The number of Topliss-reactive ketones (excluding diaryl/α,β-unsaturated/α-hetero) is 1. The Kier molecular flexibility index (Phi) is 12.1. The highest BCUT2D eigenvalue weighted by Crippen LogP contribution is 2.22. The molecule has 0 unspecified atom stereocenters. The summed E-state index contributed by atoms with van der Waals surface area (Å²) in [5, 5.41) is 3.68. The number of carbonyl (C=O) groups is 3. The number of nitrogens with one attached hydrogen (secondary N) is 1. The van der Waals surface area contributed by atoms with E-state index < -0.39 is 11.2 Å². The first-order valence-electron chi connectivity index (χ1n) is 14.2. The average molecular weight is 525 g/mol. The fraction of sp³-hybridized carbons (Fsp3) is 0.893. The number of hydrogen-bond acceptors (Lipinski definition) is 7. The van der Waals surface area contributed by atoms with Crippen LogP contribution in [0.3, 0.4) is 0 Å². The number of ether oxygens (including phenoxy) is 2. The van der Waals surface area contributed by atoms with E-state index in [4.69, 9.17) is 15.2 Å². The molecule has 2 saturated carbocycles. The molecule has 2 saturated heterocycles. The van der Waals surface area contributed by atoms with Crippen molar-refractivity contribution in [1.29, 1.82) is 0 Å². The Balaban J connectivity index is 0.000000224. The second-order valence-corrected chi connectivity index (χ2v) is 12.7. The average Bonchev–Trinajstić information content (AvgIpc) is 2.74. The standard InChI is InChI=1S/C14H26N2O2.C10H17NO3.C4H9N/c1-14(2,3)18-13(17)16-9-7-12(8-10-16)15-11-5-4-6-11;1-10(2,3)14-9(13)11-6-4-8(12)5-7-11;5-4-2-1-3-4/h11-12,15H,4-10H2,1-3H3;4-7H2,1-3H3;4H,1-3,5H2. The van der Waals surface area contributed by atoms with Crippen LogP contribution in [0.15, 0.2) is 0 Å². The third-order valence-corrected chi connectivity index (χ3v) is 6.85. The minimum absolute atomic E-state index is 0.162. The monoisotopic (exact) mass is 524 g/mol. The van der Waals surface area contributed by atoms with Crippen LogP contribution in [0.4, 0.5) is 9.59 Å². The van der Waals surface area contributed by atoms with E-state index >= 15 is 0 Å². The zero-order chi connectivity index (χ0) is 27.6. The van der Waals surface area contributed by atoms with E-state index in [0.717, 1.165) is 32.0 Å². The lowest BCUT2D eigenvalue weighted by atomic mass is 9.91. The molecule has 2 aliphatic heterocycles. The molecule has 2 amide bonds. The van der Waals surface area contributed by atoms with E-state index in [1.165, 1.54) is 38.5 Å². The Hall–Kier alpha value is -1.87. The number of ketones is 1. The molecule has 0 aromatic heterocycles. The highest BCUT2D eigenvalue weighted by atomic mass is 16.6. The first-order chi connectivity index (χ1) is 17.2. The van der Waals surface area contributed by atoms with Gasteiger partial charge in [0.15, 0.2) is 0 Å². The lowest BCUT2D eigenvalue weighted by Gasteiger charge is -2.37. The zero-order valence-corrected chi connectivity index (χ0v) is 24.1. The van der Waals surface area contributed by atoms with Gasteiger partial charge >= 0.3 is 12.2 Å². The SMILES string of the molecule is CC(C)(C)OC(=O)N1CCC(=O)CC1.CC(C)(C)OC(=O)N1CCC(NC2CCC2)CC1.NC1CCC1. The maximum Gasteiger partial charge on any atom is 0.410 e. The quantitative estimate of drug-likeness (QED) is 0.542. The van der Waals surface area contributed by atoms with Gasteiger partial charge < -0.3 is 30.3 Å². The number of amides is 2. The smallest absolute Gasteiger partial charge is 0.410 e. The highest BCUT2D eigenvalue weighted by molar-refractivity contribution is 5.81. The van der Waals surface area contributed by atoms with E-state index in [9.17, 15) is 14.4 Å². The van der Waals surface area contributed by atoms with Crippen LogP contribution in [0.25, 0.3) is 0 Å². The van der Waals surface area contributed by atoms with Gasteiger partial charge in [-0.05, 0) is 80.1 Å². The van der Waals surface area contributed by atoms with Crippen LogP contribution in [0.2, 0.25) is 0 Å². The third-order valence-electron chi connectivity index (χ3n) is 6.85. The number of hydrogen-bond donors (Lipinski definition) is 2. The van der Waals surface area contributed by atoms with Gasteiger partial charge in [-0.2, -0.15) is 0 Å². The van der Waals surface area contributed by atoms with Crippen molar-refractivity contribution < 1.29 is 23.9 Å². The van der Waals surface area contributed by atoms with Gasteiger partial charge in [-0.1, -0.05) is 12.8 Å². The van der Waals surface area contributed by atoms with E-state index in [1.807, 2.05) is 46.4 Å². The molecule has 9 nitrogen and oxygen atoms in total. The van der Waals surface area contributed by atoms with Crippen molar-refractivity contribution in [3.8, 4) is 0 Å². The molecule has 2 heterocycles. The van der Waals surface area contributed by atoms with Crippen molar-refractivity contribution in [1.82, 2.24) is 15.1 Å². The molecule has 0 aromatic rings.